The Morgan fingerprint density at radius 2 is 0.839 bits per heavy atom. The van der Waals surface area contributed by atoms with E-state index < -0.39 is 0 Å². The molecular weight excluding hydrogens is 771 g/mol. The Labute approximate surface area is 385 Å². The van der Waals surface area contributed by atoms with Crippen LogP contribution < -0.4 is 0 Å². The topological polar surface area (TPSA) is 74.3 Å². The Morgan fingerprint density at radius 1 is 0.452 bits per heavy atom. The number of ether oxygens (including phenoxy) is 4. The van der Waals surface area contributed by atoms with Crippen molar-refractivity contribution < 1.29 is 28.5 Å². The highest BCUT2D eigenvalue weighted by atomic mass is 16.5. The summed E-state index contributed by atoms with van der Waals surface area (Å²) in [6.45, 7) is 15.8. The monoisotopic (exact) mass is 876 g/mol. The Kier molecular flexibility index (Phi) is 37.9. The molecule has 1 saturated carbocycles. The summed E-state index contributed by atoms with van der Waals surface area (Å²) in [5, 5.41) is 0. The van der Waals surface area contributed by atoms with Gasteiger partial charge in [0.05, 0.1) is 25.4 Å². The lowest BCUT2D eigenvalue weighted by atomic mass is 9.92. The summed E-state index contributed by atoms with van der Waals surface area (Å²) >= 11 is 0. The fourth-order valence-electron chi connectivity index (χ4n) is 10.1. The van der Waals surface area contributed by atoms with Crippen molar-refractivity contribution in [2.45, 2.75) is 277 Å². The third-order valence-electron chi connectivity index (χ3n) is 14.2. The summed E-state index contributed by atoms with van der Waals surface area (Å²) in [5.41, 5.74) is 0. The highest BCUT2D eigenvalue weighted by molar-refractivity contribution is 5.69. The van der Waals surface area contributed by atoms with Gasteiger partial charge >= 0.3 is 11.9 Å². The zero-order chi connectivity index (χ0) is 44.6. The van der Waals surface area contributed by atoms with Crippen LogP contribution in [0.2, 0.25) is 0 Å². The lowest BCUT2D eigenvalue weighted by Crippen LogP contribution is -2.27. The molecule has 0 bridgehead atoms. The van der Waals surface area contributed by atoms with Gasteiger partial charge in [-0.25, -0.2) is 0 Å². The predicted octanol–water partition coefficient (Wildman–Crippen LogP) is 15.5. The van der Waals surface area contributed by atoms with Crippen molar-refractivity contribution in [2.24, 2.45) is 17.8 Å². The van der Waals surface area contributed by atoms with Gasteiger partial charge in [-0.3, -0.25) is 9.59 Å². The lowest BCUT2D eigenvalue weighted by Gasteiger charge is -2.21. The van der Waals surface area contributed by atoms with Gasteiger partial charge in [0.2, 0.25) is 0 Å². The van der Waals surface area contributed by atoms with E-state index in [1.807, 2.05) is 0 Å². The van der Waals surface area contributed by atoms with Crippen LogP contribution in [0.1, 0.15) is 265 Å². The molecule has 2 rings (SSSR count). The second-order valence-electron chi connectivity index (χ2n) is 20.0. The van der Waals surface area contributed by atoms with Crippen molar-refractivity contribution in [2.75, 3.05) is 46.1 Å². The first kappa shape index (κ1) is 56.9. The largest absolute Gasteiger partial charge is 0.466 e. The zero-order valence-electron chi connectivity index (χ0n) is 41.9. The molecular formula is C55H105NO6. The van der Waals surface area contributed by atoms with E-state index in [0.717, 1.165) is 90.3 Å². The smallest absolute Gasteiger partial charge is 0.305 e. The molecule has 1 aliphatic carbocycles. The Bertz CT molecular complexity index is 982. The van der Waals surface area contributed by atoms with E-state index in [1.54, 1.807) is 0 Å². The number of nitrogens with zero attached hydrogens (tertiary/aromatic N) is 1. The Morgan fingerprint density at radius 3 is 1.24 bits per heavy atom. The van der Waals surface area contributed by atoms with E-state index >= 15 is 0 Å². The van der Waals surface area contributed by atoms with Gasteiger partial charge in [-0.2, -0.15) is 0 Å². The molecule has 0 aromatic rings. The molecule has 2 aliphatic rings. The van der Waals surface area contributed by atoms with Gasteiger partial charge in [0, 0.05) is 26.1 Å². The van der Waals surface area contributed by atoms with Crippen LogP contribution in [-0.4, -0.2) is 75.1 Å². The lowest BCUT2D eigenvalue weighted by molar-refractivity contribution is -0.145. The normalized spacial score (nSPS) is 18.1. The van der Waals surface area contributed by atoms with Crippen LogP contribution in [-0.2, 0) is 28.5 Å². The first-order valence-corrected chi connectivity index (χ1v) is 27.8. The van der Waals surface area contributed by atoms with E-state index in [2.05, 4.69) is 32.6 Å². The highest BCUT2D eigenvalue weighted by Gasteiger charge is 2.35. The molecule has 366 valence electrons. The van der Waals surface area contributed by atoms with Crippen LogP contribution in [0, 0.1) is 17.8 Å². The van der Waals surface area contributed by atoms with Gasteiger partial charge < -0.3 is 23.8 Å². The summed E-state index contributed by atoms with van der Waals surface area (Å²) in [5.74, 6) is 2.14. The number of rotatable bonds is 45. The second-order valence-corrected chi connectivity index (χ2v) is 20.0. The van der Waals surface area contributed by atoms with Crippen LogP contribution in [0.5, 0.6) is 0 Å². The molecule has 3 unspecified atom stereocenters. The maximum absolute atomic E-state index is 12.4. The number of likely N-dealkylation sites (tertiary alicyclic amines) is 1. The summed E-state index contributed by atoms with van der Waals surface area (Å²) in [4.78, 5) is 27.5. The third kappa shape index (κ3) is 31.7. The number of carbonyl (C=O) groups is 2. The van der Waals surface area contributed by atoms with Gasteiger partial charge in [0.15, 0.2) is 0 Å². The van der Waals surface area contributed by atoms with Gasteiger partial charge in [-0.15, -0.1) is 0 Å². The first-order valence-electron chi connectivity index (χ1n) is 27.8. The molecule has 62 heavy (non-hydrogen) atoms. The van der Waals surface area contributed by atoms with Crippen LogP contribution in [0.25, 0.3) is 0 Å². The molecule has 1 saturated heterocycles. The molecule has 0 aromatic carbocycles. The Hall–Kier alpha value is -1.18. The van der Waals surface area contributed by atoms with Gasteiger partial charge in [0.1, 0.15) is 0 Å². The van der Waals surface area contributed by atoms with Crippen molar-refractivity contribution in [3.63, 3.8) is 0 Å². The third-order valence-corrected chi connectivity index (χ3v) is 14.2. The maximum atomic E-state index is 12.4. The average molecular weight is 876 g/mol. The molecule has 3 atom stereocenters. The molecule has 0 spiro atoms. The SMILES string of the molecule is CCCCCC(CCCCC)CCOC(=O)CCCCCCCCOC1CC(CCCN2CCCC2)CC1OCCCCCCCC(=O)OCCC(CCCCC)CCCCC. The quantitative estimate of drug-likeness (QED) is 0.0446. The van der Waals surface area contributed by atoms with E-state index in [0.29, 0.717) is 43.8 Å². The van der Waals surface area contributed by atoms with Gasteiger partial charge in [-0.1, -0.05) is 175 Å². The molecule has 2 fully saturated rings. The molecule has 1 aliphatic heterocycles. The minimum absolute atomic E-state index is 0.000567. The minimum Gasteiger partial charge on any atom is -0.466 e. The number of hydrogen-bond donors (Lipinski definition) is 0. The predicted molar refractivity (Wildman–Crippen MR) is 262 cm³/mol. The average Bonchev–Trinajstić information content (AvgIpc) is 3.94. The van der Waals surface area contributed by atoms with Crippen molar-refractivity contribution in [3.05, 3.63) is 0 Å². The van der Waals surface area contributed by atoms with Crippen LogP contribution >= 0.6 is 0 Å². The van der Waals surface area contributed by atoms with E-state index in [9.17, 15) is 9.59 Å². The maximum Gasteiger partial charge on any atom is 0.305 e. The van der Waals surface area contributed by atoms with E-state index in [1.165, 1.54) is 167 Å². The highest BCUT2D eigenvalue weighted by Crippen LogP contribution is 2.34. The second kappa shape index (κ2) is 41.3. The minimum atomic E-state index is -0.00452. The standard InChI is InChI=1S/C55H105NO6/c1-5-9-20-31-49(32-21-10-6-2)38-45-61-54(57)36-24-16-13-14-18-28-43-59-52-47-51(35-30-42-56-40-26-27-41-56)48-53(52)60-44-29-19-15-17-25-37-55(58)62-46-39-50(33-22-11-7-3)34-23-12-8-4/h49-53H,5-48H2,1-4H3. The van der Waals surface area contributed by atoms with Gasteiger partial charge in [-0.05, 0) is 114 Å². The Balaban J connectivity index is 1.56. The van der Waals surface area contributed by atoms with E-state index in [-0.39, 0.29) is 24.1 Å². The van der Waals surface area contributed by atoms with E-state index in [4.69, 9.17) is 18.9 Å². The molecule has 0 radical (unpaired) electrons. The molecule has 0 N–H and O–H groups in total. The van der Waals surface area contributed by atoms with Crippen LogP contribution in [0.3, 0.4) is 0 Å². The van der Waals surface area contributed by atoms with Crippen molar-refractivity contribution in [1.29, 1.82) is 0 Å². The summed E-state index contributed by atoms with van der Waals surface area (Å²) in [6, 6.07) is 0. The van der Waals surface area contributed by atoms with Crippen molar-refractivity contribution in [3.8, 4) is 0 Å². The molecule has 1 heterocycles. The first-order chi connectivity index (χ1) is 30.5. The van der Waals surface area contributed by atoms with Crippen molar-refractivity contribution >= 4 is 11.9 Å². The van der Waals surface area contributed by atoms with Crippen LogP contribution in [0.15, 0.2) is 0 Å². The van der Waals surface area contributed by atoms with Gasteiger partial charge in [0.25, 0.3) is 0 Å². The number of hydrogen-bond acceptors (Lipinski definition) is 7. The summed E-state index contributed by atoms with van der Waals surface area (Å²) in [7, 11) is 0. The fourth-order valence-corrected chi connectivity index (χ4v) is 10.1. The number of esters is 2. The number of unbranched alkanes of at least 4 members (excludes halogenated alkanes) is 17. The fraction of sp³-hybridized carbons (Fsp3) is 0.964. The zero-order valence-corrected chi connectivity index (χ0v) is 41.9. The molecule has 0 aromatic heterocycles. The molecule has 7 heteroatoms. The van der Waals surface area contributed by atoms with Crippen molar-refractivity contribution in [1.82, 2.24) is 4.90 Å². The summed E-state index contributed by atoms with van der Waals surface area (Å²) < 4.78 is 24.5. The van der Waals surface area contributed by atoms with Crippen LogP contribution in [0.4, 0.5) is 0 Å². The summed E-state index contributed by atoms with van der Waals surface area (Å²) in [6.07, 6.45) is 44.2. The number of carbonyl (C=O) groups excluding carboxylic acids is 2. The molecule has 0 amide bonds. The molecule has 7 nitrogen and oxygen atoms in total.